The third-order valence-corrected chi connectivity index (χ3v) is 7.57. The average Bonchev–Trinajstić information content (AvgIpc) is 2.99. The van der Waals surface area contributed by atoms with Crippen LogP contribution in [0.2, 0.25) is 5.02 Å². The van der Waals surface area contributed by atoms with Crippen molar-refractivity contribution in [1.82, 2.24) is 5.32 Å². The predicted octanol–water partition coefficient (Wildman–Crippen LogP) is 7.21. The lowest BCUT2D eigenvalue weighted by atomic mass is 10.1. The summed E-state index contributed by atoms with van der Waals surface area (Å²) in [5.41, 5.74) is 1.54. The highest BCUT2D eigenvalue weighted by atomic mass is 35.5. The van der Waals surface area contributed by atoms with Gasteiger partial charge in [-0.2, -0.15) is 0 Å². The lowest BCUT2D eigenvalue weighted by Gasteiger charge is -2.14. The van der Waals surface area contributed by atoms with Crippen molar-refractivity contribution < 1.29 is 23.6 Å². The standard InChI is InChI=1S/C33H27ClFN3O4S/c1-20(39)22-14-16-24(17-15-22)36-31(40)21(2)43-26-11-6-10-25(18-26)37-33(42)30(19-27-28(34)12-7-13-29(27)35)38-32(41)23-8-4-3-5-9-23/h3-19,21H,1-2H3,(H,36,40)(H,37,42)(H,38,41)/b30-19+. The summed E-state index contributed by atoms with van der Waals surface area (Å²) in [7, 11) is 0. The van der Waals surface area contributed by atoms with Crippen LogP contribution in [0, 0.1) is 5.82 Å². The Balaban J connectivity index is 1.49. The van der Waals surface area contributed by atoms with Gasteiger partial charge in [-0.1, -0.05) is 41.9 Å². The normalized spacial score (nSPS) is 11.8. The fourth-order valence-electron chi connectivity index (χ4n) is 3.87. The minimum Gasteiger partial charge on any atom is -0.325 e. The summed E-state index contributed by atoms with van der Waals surface area (Å²) in [6.07, 6.45) is 1.18. The van der Waals surface area contributed by atoms with Crippen molar-refractivity contribution in [2.75, 3.05) is 10.6 Å². The molecule has 0 spiro atoms. The van der Waals surface area contributed by atoms with Gasteiger partial charge in [0.05, 0.1) is 10.3 Å². The fraction of sp³-hybridized carbons (Fsp3) is 0.0909. The van der Waals surface area contributed by atoms with Crippen LogP contribution in [-0.2, 0) is 9.59 Å². The van der Waals surface area contributed by atoms with Gasteiger partial charge in [-0.25, -0.2) is 4.39 Å². The lowest BCUT2D eigenvalue weighted by Crippen LogP contribution is -2.30. The van der Waals surface area contributed by atoms with Gasteiger partial charge in [-0.3, -0.25) is 19.2 Å². The van der Waals surface area contributed by atoms with Crippen molar-refractivity contribution in [2.24, 2.45) is 0 Å². The summed E-state index contributed by atoms with van der Waals surface area (Å²) in [5, 5.41) is 7.68. The molecule has 218 valence electrons. The molecule has 0 bridgehead atoms. The number of amides is 3. The van der Waals surface area contributed by atoms with Gasteiger partial charge in [-0.05, 0) is 86.7 Å². The Morgan fingerprint density at radius 1 is 0.814 bits per heavy atom. The maximum absolute atomic E-state index is 14.6. The highest BCUT2D eigenvalue weighted by molar-refractivity contribution is 8.00. The lowest BCUT2D eigenvalue weighted by molar-refractivity contribution is -0.115. The Labute approximate surface area is 257 Å². The molecule has 0 aromatic heterocycles. The fourth-order valence-corrected chi connectivity index (χ4v) is 5.01. The van der Waals surface area contributed by atoms with Crippen molar-refractivity contribution in [2.45, 2.75) is 24.0 Å². The molecule has 1 atom stereocenters. The quantitative estimate of drug-likeness (QED) is 0.0993. The molecule has 43 heavy (non-hydrogen) atoms. The SMILES string of the molecule is CC(=O)c1ccc(NC(=O)C(C)Sc2cccc(NC(=O)/C(=C\c3c(F)cccc3Cl)NC(=O)c3ccccc3)c2)cc1. The van der Waals surface area contributed by atoms with Gasteiger partial charge < -0.3 is 16.0 Å². The highest BCUT2D eigenvalue weighted by Gasteiger charge is 2.19. The maximum Gasteiger partial charge on any atom is 0.272 e. The van der Waals surface area contributed by atoms with E-state index in [4.69, 9.17) is 11.6 Å². The second kappa shape index (κ2) is 14.4. The van der Waals surface area contributed by atoms with E-state index in [1.807, 2.05) is 0 Å². The smallest absolute Gasteiger partial charge is 0.272 e. The Morgan fingerprint density at radius 2 is 1.51 bits per heavy atom. The second-order valence-electron chi connectivity index (χ2n) is 9.38. The molecule has 4 rings (SSSR count). The number of ketones is 1. The maximum atomic E-state index is 14.6. The number of halogens is 2. The minimum atomic E-state index is -0.703. The number of carbonyl (C=O) groups is 4. The van der Waals surface area contributed by atoms with Gasteiger partial charge in [0.1, 0.15) is 11.5 Å². The first-order chi connectivity index (χ1) is 20.6. The van der Waals surface area contributed by atoms with Crippen LogP contribution in [0.4, 0.5) is 15.8 Å². The third kappa shape index (κ3) is 8.64. The monoisotopic (exact) mass is 615 g/mol. The molecule has 0 radical (unpaired) electrons. The number of carbonyl (C=O) groups excluding carboxylic acids is 4. The molecule has 0 aliphatic heterocycles. The first-order valence-electron chi connectivity index (χ1n) is 13.1. The Kier molecular flexibility index (Phi) is 10.5. The van der Waals surface area contributed by atoms with Gasteiger partial charge in [-0.15, -0.1) is 11.8 Å². The number of thioether (sulfide) groups is 1. The van der Waals surface area contributed by atoms with Crippen molar-refractivity contribution in [3.05, 3.63) is 130 Å². The molecule has 7 nitrogen and oxygen atoms in total. The first-order valence-corrected chi connectivity index (χ1v) is 14.4. The van der Waals surface area contributed by atoms with E-state index in [2.05, 4.69) is 16.0 Å². The number of nitrogens with one attached hydrogen (secondary N) is 3. The van der Waals surface area contributed by atoms with Crippen LogP contribution in [0.5, 0.6) is 0 Å². The molecule has 0 fully saturated rings. The molecular weight excluding hydrogens is 589 g/mol. The van der Waals surface area contributed by atoms with E-state index < -0.39 is 22.9 Å². The Hall–Kier alpha value is -4.73. The van der Waals surface area contributed by atoms with E-state index in [1.165, 1.54) is 43.0 Å². The largest absolute Gasteiger partial charge is 0.325 e. The van der Waals surface area contributed by atoms with E-state index in [-0.39, 0.29) is 28.0 Å². The van der Waals surface area contributed by atoms with E-state index >= 15 is 0 Å². The molecule has 1 unspecified atom stereocenters. The van der Waals surface area contributed by atoms with E-state index in [1.54, 1.807) is 85.8 Å². The second-order valence-corrected chi connectivity index (χ2v) is 11.2. The highest BCUT2D eigenvalue weighted by Crippen LogP contribution is 2.27. The zero-order chi connectivity index (χ0) is 30.9. The number of anilines is 2. The molecule has 0 heterocycles. The van der Waals surface area contributed by atoms with Crippen molar-refractivity contribution >= 4 is 64.3 Å². The number of benzene rings is 4. The van der Waals surface area contributed by atoms with Gasteiger partial charge >= 0.3 is 0 Å². The van der Waals surface area contributed by atoms with Crippen LogP contribution in [0.1, 0.15) is 40.1 Å². The van der Waals surface area contributed by atoms with Crippen molar-refractivity contribution in [3.63, 3.8) is 0 Å². The van der Waals surface area contributed by atoms with E-state index in [0.717, 1.165) is 0 Å². The van der Waals surface area contributed by atoms with Crippen molar-refractivity contribution in [3.8, 4) is 0 Å². The number of hydrogen-bond acceptors (Lipinski definition) is 5. The van der Waals surface area contributed by atoms with Crippen LogP contribution in [0.25, 0.3) is 6.08 Å². The summed E-state index contributed by atoms with van der Waals surface area (Å²) in [4.78, 5) is 51.2. The summed E-state index contributed by atoms with van der Waals surface area (Å²) in [6.45, 7) is 3.21. The molecular formula is C33H27ClFN3O4S. The first kappa shape index (κ1) is 31.2. The van der Waals surface area contributed by atoms with Crippen molar-refractivity contribution in [1.29, 1.82) is 0 Å². The molecule has 3 N–H and O–H groups in total. The number of hydrogen-bond donors (Lipinski definition) is 3. The molecule has 4 aromatic carbocycles. The van der Waals surface area contributed by atoms with E-state index in [9.17, 15) is 23.6 Å². The Bertz CT molecular complexity index is 1670. The Morgan fingerprint density at radius 3 is 2.19 bits per heavy atom. The number of rotatable bonds is 10. The molecule has 4 aromatic rings. The third-order valence-electron chi connectivity index (χ3n) is 6.15. The van der Waals surface area contributed by atoms with Gasteiger partial charge in [0.2, 0.25) is 5.91 Å². The molecule has 0 aliphatic rings. The zero-order valence-electron chi connectivity index (χ0n) is 23.2. The van der Waals surface area contributed by atoms with Crippen LogP contribution in [0.15, 0.2) is 108 Å². The summed E-state index contributed by atoms with van der Waals surface area (Å²) in [5.74, 6) is -2.23. The van der Waals surface area contributed by atoms with Crippen LogP contribution in [0.3, 0.4) is 0 Å². The minimum absolute atomic E-state index is 0.0530. The summed E-state index contributed by atoms with van der Waals surface area (Å²) >= 11 is 7.45. The molecule has 0 saturated carbocycles. The summed E-state index contributed by atoms with van der Waals surface area (Å²) in [6, 6.07) is 25.8. The number of Topliss-reactive ketones (excluding diaryl/α,β-unsaturated/α-hetero) is 1. The van der Waals surface area contributed by atoms with Crippen LogP contribution in [-0.4, -0.2) is 28.8 Å². The summed E-state index contributed by atoms with van der Waals surface area (Å²) < 4.78 is 14.6. The van der Waals surface area contributed by atoms with Crippen LogP contribution < -0.4 is 16.0 Å². The molecule has 0 saturated heterocycles. The average molecular weight is 616 g/mol. The van der Waals surface area contributed by atoms with Crippen LogP contribution >= 0.6 is 23.4 Å². The van der Waals surface area contributed by atoms with Gasteiger partial charge in [0.25, 0.3) is 11.8 Å². The van der Waals surface area contributed by atoms with Gasteiger partial charge in [0, 0.05) is 33.0 Å². The molecule has 0 aliphatic carbocycles. The molecule has 3 amide bonds. The van der Waals surface area contributed by atoms with Gasteiger partial charge in [0.15, 0.2) is 5.78 Å². The topological polar surface area (TPSA) is 104 Å². The predicted molar refractivity (Wildman–Crippen MR) is 169 cm³/mol. The molecule has 10 heteroatoms. The van der Waals surface area contributed by atoms with E-state index in [0.29, 0.717) is 27.4 Å². The zero-order valence-corrected chi connectivity index (χ0v) is 24.8.